The first kappa shape index (κ1) is 18.0. The Hall–Kier alpha value is -2.38. The van der Waals surface area contributed by atoms with E-state index in [0.29, 0.717) is 23.3 Å². The van der Waals surface area contributed by atoms with Gasteiger partial charge in [-0.2, -0.15) is 5.10 Å². The Kier molecular flexibility index (Phi) is 5.13. The van der Waals surface area contributed by atoms with Crippen molar-refractivity contribution in [1.82, 2.24) is 9.78 Å². The fourth-order valence-electron chi connectivity index (χ4n) is 3.55. The van der Waals surface area contributed by atoms with Crippen LogP contribution in [0, 0.1) is 5.92 Å². The summed E-state index contributed by atoms with van der Waals surface area (Å²) in [7, 11) is 0. The lowest BCUT2D eigenvalue weighted by molar-refractivity contribution is -0.122. The Morgan fingerprint density at radius 3 is 2.70 bits per heavy atom. The number of aromatic nitrogens is 2. The lowest BCUT2D eigenvalue weighted by Gasteiger charge is -2.22. The number of ether oxygens (including phenoxy) is 1. The number of anilines is 2. The molecule has 7 nitrogen and oxygen atoms in total. The number of nitrogens with one attached hydrogen (secondary N) is 1. The van der Waals surface area contributed by atoms with E-state index in [-0.39, 0.29) is 24.2 Å². The summed E-state index contributed by atoms with van der Waals surface area (Å²) in [5, 5.41) is 7.87. The second-order valence-corrected chi connectivity index (χ2v) is 7.36. The maximum Gasteiger partial charge on any atom is 0.229 e. The van der Waals surface area contributed by atoms with E-state index in [4.69, 9.17) is 16.3 Å². The van der Waals surface area contributed by atoms with Gasteiger partial charge in [-0.3, -0.25) is 14.3 Å². The van der Waals surface area contributed by atoms with Gasteiger partial charge >= 0.3 is 0 Å². The monoisotopic (exact) mass is 388 g/mol. The highest BCUT2D eigenvalue weighted by Crippen LogP contribution is 2.27. The van der Waals surface area contributed by atoms with Crippen molar-refractivity contribution in [2.75, 3.05) is 30.0 Å². The maximum absolute atomic E-state index is 12.6. The van der Waals surface area contributed by atoms with Gasteiger partial charge in [0.2, 0.25) is 11.8 Å². The number of carbonyl (C=O) groups is 2. The number of carbonyl (C=O) groups excluding carboxylic acids is 2. The van der Waals surface area contributed by atoms with Crippen LogP contribution in [0.1, 0.15) is 25.3 Å². The van der Waals surface area contributed by atoms with Crippen LogP contribution in [0.2, 0.25) is 5.02 Å². The Bertz CT molecular complexity index is 830. The molecule has 2 amide bonds. The zero-order chi connectivity index (χ0) is 18.8. The van der Waals surface area contributed by atoms with Crippen LogP contribution in [-0.2, 0) is 14.3 Å². The van der Waals surface area contributed by atoms with E-state index in [0.717, 1.165) is 31.7 Å². The van der Waals surface area contributed by atoms with Crippen molar-refractivity contribution in [3.05, 3.63) is 41.7 Å². The predicted octanol–water partition coefficient (Wildman–Crippen LogP) is 2.88. The van der Waals surface area contributed by atoms with Crippen LogP contribution in [-0.4, -0.2) is 41.4 Å². The molecule has 3 heterocycles. The molecule has 2 saturated heterocycles. The highest BCUT2D eigenvalue weighted by Gasteiger charge is 2.35. The Morgan fingerprint density at radius 1 is 1.22 bits per heavy atom. The SMILES string of the molecule is O=C(Nc1cnn(C2CCOCC2)c1)C1CC(=O)N(c2ccc(Cl)cc2)C1. The lowest BCUT2D eigenvalue weighted by atomic mass is 10.1. The largest absolute Gasteiger partial charge is 0.381 e. The molecule has 0 bridgehead atoms. The molecule has 1 unspecified atom stereocenters. The van der Waals surface area contributed by atoms with Crippen LogP contribution in [0.5, 0.6) is 0 Å². The van der Waals surface area contributed by atoms with Crippen molar-refractivity contribution in [2.24, 2.45) is 5.92 Å². The molecular weight excluding hydrogens is 368 g/mol. The second kappa shape index (κ2) is 7.70. The lowest BCUT2D eigenvalue weighted by Crippen LogP contribution is -2.28. The van der Waals surface area contributed by atoms with Gasteiger partial charge < -0.3 is 15.0 Å². The minimum absolute atomic E-state index is 0.0598. The summed E-state index contributed by atoms with van der Waals surface area (Å²) in [6, 6.07) is 7.36. The van der Waals surface area contributed by atoms with Crippen molar-refractivity contribution < 1.29 is 14.3 Å². The van der Waals surface area contributed by atoms with Crippen molar-refractivity contribution in [1.29, 1.82) is 0 Å². The van der Waals surface area contributed by atoms with Crippen LogP contribution >= 0.6 is 11.6 Å². The second-order valence-electron chi connectivity index (χ2n) is 6.92. The van der Waals surface area contributed by atoms with Crippen LogP contribution in [0.3, 0.4) is 0 Å². The van der Waals surface area contributed by atoms with Crippen molar-refractivity contribution >= 4 is 34.8 Å². The van der Waals surface area contributed by atoms with E-state index in [2.05, 4.69) is 10.4 Å². The van der Waals surface area contributed by atoms with Crippen molar-refractivity contribution in [3.63, 3.8) is 0 Å². The Morgan fingerprint density at radius 2 is 1.96 bits per heavy atom. The number of amides is 2. The summed E-state index contributed by atoms with van der Waals surface area (Å²) >= 11 is 5.90. The molecule has 1 atom stereocenters. The molecule has 27 heavy (non-hydrogen) atoms. The Balaban J connectivity index is 1.38. The van der Waals surface area contributed by atoms with Gasteiger partial charge in [0.25, 0.3) is 0 Å². The van der Waals surface area contributed by atoms with Crippen LogP contribution in [0.4, 0.5) is 11.4 Å². The van der Waals surface area contributed by atoms with Gasteiger partial charge in [0, 0.05) is 43.1 Å². The molecule has 142 valence electrons. The highest BCUT2D eigenvalue weighted by molar-refractivity contribution is 6.30. The zero-order valence-electron chi connectivity index (χ0n) is 14.8. The van der Waals surface area contributed by atoms with Gasteiger partial charge in [0.15, 0.2) is 0 Å². The van der Waals surface area contributed by atoms with E-state index in [9.17, 15) is 9.59 Å². The van der Waals surface area contributed by atoms with E-state index in [1.807, 2.05) is 10.9 Å². The maximum atomic E-state index is 12.6. The third kappa shape index (κ3) is 3.99. The minimum atomic E-state index is -0.389. The molecule has 1 aromatic heterocycles. The fraction of sp³-hybridized carbons (Fsp3) is 0.421. The summed E-state index contributed by atoms with van der Waals surface area (Å²) in [5.41, 5.74) is 1.41. The third-order valence-corrected chi connectivity index (χ3v) is 5.32. The van der Waals surface area contributed by atoms with Gasteiger partial charge in [-0.25, -0.2) is 0 Å². The molecule has 2 aromatic rings. The molecule has 1 N–H and O–H groups in total. The molecular formula is C19H21ClN4O3. The third-order valence-electron chi connectivity index (χ3n) is 5.07. The number of nitrogens with zero attached hydrogens (tertiary/aromatic N) is 3. The number of hydrogen-bond donors (Lipinski definition) is 1. The normalized spacial score (nSPS) is 20.9. The van der Waals surface area contributed by atoms with Gasteiger partial charge in [0.05, 0.1) is 23.8 Å². The van der Waals surface area contributed by atoms with Crippen LogP contribution in [0.25, 0.3) is 0 Å². The Labute approximate surface area is 162 Å². The van der Waals surface area contributed by atoms with Gasteiger partial charge in [0.1, 0.15) is 0 Å². The molecule has 4 rings (SSSR count). The molecule has 2 fully saturated rings. The smallest absolute Gasteiger partial charge is 0.229 e. The van der Waals surface area contributed by atoms with Gasteiger partial charge in [-0.15, -0.1) is 0 Å². The molecule has 0 aliphatic carbocycles. The average Bonchev–Trinajstić information content (AvgIpc) is 3.30. The summed E-state index contributed by atoms with van der Waals surface area (Å²) < 4.78 is 7.26. The van der Waals surface area contributed by atoms with E-state index in [1.54, 1.807) is 35.4 Å². The first-order valence-corrected chi connectivity index (χ1v) is 9.46. The van der Waals surface area contributed by atoms with Crippen molar-refractivity contribution in [2.45, 2.75) is 25.3 Å². The number of hydrogen-bond acceptors (Lipinski definition) is 4. The molecule has 0 radical (unpaired) electrons. The van der Waals surface area contributed by atoms with Gasteiger partial charge in [-0.1, -0.05) is 11.6 Å². The first-order valence-electron chi connectivity index (χ1n) is 9.09. The van der Waals surface area contributed by atoms with Crippen LogP contribution < -0.4 is 10.2 Å². The van der Waals surface area contributed by atoms with E-state index >= 15 is 0 Å². The van der Waals surface area contributed by atoms with E-state index < -0.39 is 0 Å². The summed E-state index contributed by atoms with van der Waals surface area (Å²) in [4.78, 5) is 26.6. The molecule has 1 aromatic carbocycles. The molecule has 0 saturated carbocycles. The summed E-state index contributed by atoms with van der Waals surface area (Å²) in [5.74, 6) is -0.610. The standard InChI is InChI=1S/C19H21ClN4O3/c20-14-1-3-16(4-2-14)23-11-13(9-18(23)25)19(26)22-15-10-21-24(12-15)17-5-7-27-8-6-17/h1-4,10,12-13,17H,5-9,11H2,(H,22,26). The minimum Gasteiger partial charge on any atom is -0.381 e. The predicted molar refractivity (Wildman–Crippen MR) is 102 cm³/mol. The quantitative estimate of drug-likeness (QED) is 0.873. The average molecular weight is 389 g/mol. The van der Waals surface area contributed by atoms with Gasteiger partial charge in [-0.05, 0) is 37.1 Å². The topological polar surface area (TPSA) is 76.5 Å². The molecule has 2 aliphatic rings. The summed E-state index contributed by atoms with van der Waals surface area (Å²) in [6.45, 7) is 1.83. The molecule has 2 aliphatic heterocycles. The summed E-state index contributed by atoms with van der Waals surface area (Å²) in [6.07, 6.45) is 5.54. The fourth-order valence-corrected chi connectivity index (χ4v) is 3.68. The number of halogens is 1. The van der Waals surface area contributed by atoms with E-state index in [1.165, 1.54) is 0 Å². The molecule has 8 heteroatoms. The van der Waals surface area contributed by atoms with Crippen molar-refractivity contribution in [3.8, 4) is 0 Å². The zero-order valence-corrected chi connectivity index (χ0v) is 15.6. The molecule has 0 spiro atoms. The first-order chi connectivity index (χ1) is 13.1. The highest BCUT2D eigenvalue weighted by atomic mass is 35.5. The van der Waals surface area contributed by atoms with Crippen LogP contribution in [0.15, 0.2) is 36.7 Å². The number of rotatable bonds is 4. The number of benzene rings is 1.